The van der Waals surface area contributed by atoms with Gasteiger partial charge >= 0.3 is 5.97 Å². The molecular weight excluding hydrogens is 164 g/mol. The SMILES string of the molecule is C=CC(OC(C)=O)C1C=CCCC1. The van der Waals surface area contributed by atoms with Crippen molar-refractivity contribution in [1.29, 1.82) is 0 Å². The largest absolute Gasteiger partial charge is 0.458 e. The average molecular weight is 180 g/mol. The molecule has 0 bridgehead atoms. The van der Waals surface area contributed by atoms with Gasteiger partial charge in [-0.3, -0.25) is 4.79 Å². The van der Waals surface area contributed by atoms with Gasteiger partial charge in [0.15, 0.2) is 0 Å². The summed E-state index contributed by atoms with van der Waals surface area (Å²) in [6.45, 7) is 5.11. The van der Waals surface area contributed by atoms with Crippen LogP contribution in [0.15, 0.2) is 24.8 Å². The minimum atomic E-state index is -0.233. The Labute approximate surface area is 79.3 Å². The number of carbonyl (C=O) groups excluding carboxylic acids is 1. The zero-order chi connectivity index (χ0) is 9.68. The molecule has 0 heterocycles. The molecule has 1 aliphatic rings. The molecule has 0 spiro atoms. The van der Waals surface area contributed by atoms with Crippen molar-refractivity contribution in [2.24, 2.45) is 5.92 Å². The molecule has 0 amide bonds. The quantitative estimate of drug-likeness (QED) is 0.492. The molecule has 1 aliphatic carbocycles. The van der Waals surface area contributed by atoms with Gasteiger partial charge in [-0.25, -0.2) is 0 Å². The summed E-state index contributed by atoms with van der Waals surface area (Å²) in [5.41, 5.74) is 0. The highest BCUT2D eigenvalue weighted by molar-refractivity contribution is 5.66. The minimum Gasteiger partial charge on any atom is -0.458 e. The van der Waals surface area contributed by atoms with Gasteiger partial charge in [0.1, 0.15) is 6.10 Å². The van der Waals surface area contributed by atoms with E-state index in [1.165, 1.54) is 13.3 Å². The van der Waals surface area contributed by atoms with Crippen LogP contribution in [0, 0.1) is 5.92 Å². The smallest absolute Gasteiger partial charge is 0.303 e. The second-order valence-corrected chi connectivity index (χ2v) is 3.33. The van der Waals surface area contributed by atoms with Crippen molar-refractivity contribution in [3.63, 3.8) is 0 Å². The van der Waals surface area contributed by atoms with Crippen molar-refractivity contribution in [1.82, 2.24) is 0 Å². The molecular formula is C11H16O2. The molecule has 0 aromatic carbocycles. The third-order valence-electron chi connectivity index (χ3n) is 2.25. The summed E-state index contributed by atoms with van der Waals surface area (Å²) in [5.74, 6) is 0.0963. The molecule has 72 valence electrons. The van der Waals surface area contributed by atoms with Crippen molar-refractivity contribution in [3.05, 3.63) is 24.8 Å². The van der Waals surface area contributed by atoms with E-state index in [2.05, 4.69) is 18.7 Å². The topological polar surface area (TPSA) is 26.3 Å². The Morgan fingerprint density at radius 2 is 2.54 bits per heavy atom. The lowest BCUT2D eigenvalue weighted by atomic mass is 9.91. The van der Waals surface area contributed by atoms with Crippen molar-refractivity contribution in [2.45, 2.75) is 32.3 Å². The second-order valence-electron chi connectivity index (χ2n) is 3.33. The lowest BCUT2D eigenvalue weighted by molar-refractivity contribution is -0.145. The zero-order valence-electron chi connectivity index (χ0n) is 8.03. The van der Waals surface area contributed by atoms with Crippen molar-refractivity contribution in [2.75, 3.05) is 0 Å². The molecule has 2 unspecified atom stereocenters. The summed E-state index contributed by atoms with van der Waals surface area (Å²) < 4.78 is 5.13. The predicted octanol–water partition coefficient (Wildman–Crippen LogP) is 2.46. The number of carbonyl (C=O) groups is 1. The zero-order valence-corrected chi connectivity index (χ0v) is 8.03. The Bertz CT molecular complexity index is 218. The van der Waals surface area contributed by atoms with Gasteiger partial charge in [-0.1, -0.05) is 24.8 Å². The van der Waals surface area contributed by atoms with E-state index in [0.717, 1.165) is 12.8 Å². The Morgan fingerprint density at radius 3 is 3.00 bits per heavy atom. The van der Waals surface area contributed by atoms with Gasteiger partial charge in [0.05, 0.1) is 0 Å². The molecule has 0 aromatic rings. The van der Waals surface area contributed by atoms with E-state index in [0.29, 0.717) is 5.92 Å². The van der Waals surface area contributed by atoms with E-state index >= 15 is 0 Å². The fourth-order valence-electron chi connectivity index (χ4n) is 1.61. The van der Waals surface area contributed by atoms with E-state index in [1.807, 2.05) is 0 Å². The fraction of sp³-hybridized carbons (Fsp3) is 0.545. The fourth-order valence-corrected chi connectivity index (χ4v) is 1.61. The van der Waals surface area contributed by atoms with Gasteiger partial charge in [0.2, 0.25) is 0 Å². The Hall–Kier alpha value is -1.05. The third kappa shape index (κ3) is 3.05. The summed E-state index contributed by atoms with van der Waals surface area (Å²) in [7, 11) is 0. The van der Waals surface area contributed by atoms with Crippen LogP contribution in [0.25, 0.3) is 0 Å². The van der Waals surface area contributed by atoms with Crippen LogP contribution >= 0.6 is 0 Å². The summed E-state index contributed by atoms with van der Waals surface area (Å²) in [6, 6.07) is 0. The maximum Gasteiger partial charge on any atom is 0.303 e. The lowest BCUT2D eigenvalue weighted by Gasteiger charge is -2.23. The normalized spacial score (nSPS) is 23.6. The first-order valence-electron chi connectivity index (χ1n) is 4.70. The van der Waals surface area contributed by atoms with Crippen molar-refractivity contribution in [3.8, 4) is 0 Å². The van der Waals surface area contributed by atoms with E-state index < -0.39 is 0 Å². The van der Waals surface area contributed by atoms with Crippen molar-refractivity contribution >= 4 is 5.97 Å². The standard InChI is InChI=1S/C11H16O2/c1-3-11(13-9(2)12)10-7-5-4-6-8-10/h3,5,7,10-11H,1,4,6,8H2,2H3. The Kier molecular flexibility index (Phi) is 3.74. The number of rotatable bonds is 3. The molecule has 0 saturated carbocycles. The summed E-state index contributed by atoms with van der Waals surface area (Å²) in [4.78, 5) is 10.8. The highest BCUT2D eigenvalue weighted by Crippen LogP contribution is 2.22. The van der Waals surface area contributed by atoms with Crippen LogP contribution in [0.3, 0.4) is 0 Å². The molecule has 0 radical (unpaired) electrons. The highest BCUT2D eigenvalue weighted by Gasteiger charge is 2.19. The van der Waals surface area contributed by atoms with Crippen LogP contribution in [0.4, 0.5) is 0 Å². The number of allylic oxidation sites excluding steroid dienone is 1. The Balaban J connectivity index is 2.54. The van der Waals surface area contributed by atoms with Crippen LogP contribution in [-0.4, -0.2) is 12.1 Å². The molecule has 0 fully saturated rings. The summed E-state index contributed by atoms with van der Waals surface area (Å²) in [6.07, 6.45) is 9.23. The van der Waals surface area contributed by atoms with Gasteiger partial charge in [-0.2, -0.15) is 0 Å². The molecule has 1 rings (SSSR count). The molecule has 2 atom stereocenters. The van der Waals surface area contributed by atoms with E-state index in [1.54, 1.807) is 6.08 Å². The molecule has 2 heteroatoms. The number of esters is 1. The van der Waals surface area contributed by atoms with Crippen LogP contribution in [0.1, 0.15) is 26.2 Å². The summed E-state index contributed by atoms with van der Waals surface area (Å²) in [5, 5.41) is 0. The third-order valence-corrected chi connectivity index (χ3v) is 2.25. The number of hydrogen-bond donors (Lipinski definition) is 0. The average Bonchev–Trinajstić information content (AvgIpc) is 2.15. The van der Waals surface area contributed by atoms with Crippen LogP contribution < -0.4 is 0 Å². The summed E-state index contributed by atoms with van der Waals surface area (Å²) >= 11 is 0. The second kappa shape index (κ2) is 4.85. The van der Waals surface area contributed by atoms with E-state index in [4.69, 9.17) is 4.74 Å². The van der Waals surface area contributed by atoms with Gasteiger partial charge in [0, 0.05) is 12.8 Å². The highest BCUT2D eigenvalue weighted by atomic mass is 16.5. The predicted molar refractivity (Wildman–Crippen MR) is 52.2 cm³/mol. The monoisotopic (exact) mass is 180 g/mol. The number of hydrogen-bond acceptors (Lipinski definition) is 2. The van der Waals surface area contributed by atoms with Crippen molar-refractivity contribution < 1.29 is 9.53 Å². The molecule has 2 nitrogen and oxygen atoms in total. The molecule has 0 aromatic heterocycles. The molecule has 0 saturated heterocycles. The van der Waals surface area contributed by atoms with Gasteiger partial charge < -0.3 is 4.74 Å². The lowest BCUT2D eigenvalue weighted by Crippen LogP contribution is -2.23. The van der Waals surface area contributed by atoms with Gasteiger partial charge in [-0.05, 0) is 19.3 Å². The Morgan fingerprint density at radius 1 is 1.77 bits per heavy atom. The molecule has 0 N–H and O–H groups in total. The maximum absolute atomic E-state index is 10.8. The van der Waals surface area contributed by atoms with Crippen LogP contribution in [0.2, 0.25) is 0 Å². The number of ether oxygens (including phenoxy) is 1. The first-order valence-corrected chi connectivity index (χ1v) is 4.70. The van der Waals surface area contributed by atoms with Gasteiger partial charge in [0.25, 0.3) is 0 Å². The maximum atomic E-state index is 10.8. The first kappa shape index (κ1) is 10.0. The van der Waals surface area contributed by atoms with E-state index in [-0.39, 0.29) is 12.1 Å². The van der Waals surface area contributed by atoms with Gasteiger partial charge in [-0.15, -0.1) is 0 Å². The minimum absolute atomic E-state index is 0.144. The van der Waals surface area contributed by atoms with Crippen LogP contribution in [-0.2, 0) is 9.53 Å². The molecule has 0 aliphatic heterocycles. The van der Waals surface area contributed by atoms with E-state index in [9.17, 15) is 4.79 Å². The van der Waals surface area contributed by atoms with Crippen LogP contribution in [0.5, 0.6) is 0 Å². The first-order chi connectivity index (χ1) is 6.24. The molecule has 13 heavy (non-hydrogen) atoms.